The van der Waals surface area contributed by atoms with Crippen LogP contribution >= 0.6 is 0 Å². The highest BCUT2D eigenvalue weighted by molar-refractivity contribution is 6.00. The third kappa shape index (κ3) is 4.98. The van der Waals surface area contributed by atoms with E-state index in [1.165, 1.54) is 6.42 Å². The SMILES string of the molecule is CCCCCC(=O)Nc1ccc(C(N)=O)c(N2CCCCC2)c1. The number of unbranched alkanes of at least 4 members (excludes halogenated alkanes) is 2. The minimum atomic E-state index is -0.425. The van der Waals surface area contributed by atoms with Gasteiger partial charge in [0.25, 0.3) is 5.91 Å². The van der Waals surface area contributed by atoms with Crippen LogP contribution in [0.2, 0.25) is 0 Å². The van der Waals surface area contributed by atoms with E-state index in [2.05, 4.69) is 17.1 Å². The molecule has 1 fully saturated rings. The van der Waals surface area contributed by atoms with Gasteiger partial charge in [-0.15, -0.1) is 0 Å². The van der Waals surface area contributed by atoms with E-state index in [4.69, 9.17) is 5.73 Å². The molecule has 0 aliphatic carbocycles. The highest BCUT2D eigenvalue weighted by atomic mass is 16.2. The highest BCUT2D eigenvalue weighted by Crippen LogP contribution is 2.27. The number of benzene rings is 1. The van der Waals surface area contributed by atoms with Gasteiger partial charge in [-0.3, -0.25) is 9.59 Å². The molecular formula is C18H27N3O2. The predicted octanol–water partition coefficient (Wildman–Crippen LogP) is 3.29. The lowest BCUT2D eigenvalue weighted by Crippen LogP contribution is -2.31. The molecule has 126 valence electrons. The summed E-state index contributed by atoms with van der Waals surface area (Å²) in [5.41, 5.74) is 7.59. The minimum Gasteiger partial charge on any atom is -0.371 e. The summed E-state index contributed by atoms with van der Waals surface area (Å²) in [7, 11) is 0. The molecule has 2 rings (SSSR count). The Hall–Kier alpha value is -2.04. The highest BCUT2D eigenvalue weighted by Gasteiger charge is 2.18. The minimum absolute atomic E-state index is 0.0230. The molecule has 0 spiro atoms. The zero-order valence-electron chi connectivity index (χ0n) is 13.9. The van der Waals surface area contributed by atoms with E-state index >= 15 is 0 Å². The van der Waals surface area contributed by atoms with Gasteiger partial charge in [0, 0.05) is 25.2 Å². The fourth-order valence-corrected chi connectivity index (χ4v) is 2.97. The van der Waals surface area contributed by atoms with Crippen molar-refractivity contribution in [1.29, 1.82) is 0 Å². The van der Waals surface area contributed by atoms with Crippen LogP contribution in [0.4, 0.5) is 11.4 Å². The number of nitrogens with one attached hydrogen (secondary N) is 1. The first-order chi connectivity index (χ1) is 11.1. The molecule has 3 N–H and O–H groups in total. The molecule has 5 heteroatoms. The summed E-state index contributed by atoms with van der Waals surface area (Å²) in [6.07, 6.45) is 7.05. The molecule has 0 radical (unpaired) electrons. The number of nitrogens with zero attached hydrogens (tertiary/aromatic N) is 1. The Bertz CT molecular complexity index is 551. The lowest BCUT2D eigenvalue weighted by atomic mass is 10.1. The lowest BCUT2D eigenvalue weighted by molar-refractivity contribution is -0.116. The van der Waals surface area contributed by atoms with E-state index < -0.39 is 5.91 Å². The Labute approximate surface area is 138 Å². The molecule has 1 aliphatic heterocycles. The van der Waals surface area contributed by atoms with Crippen LogP contribution in [0.15, 0.2) is 18.2 Å². The molecule has 5 nitrogen and oxygen atoms in total. The second kappa shape index (κ2) is 8.56. The van der Waals surface area contributed by atoms with Gasteiger partial charge in [-0.2, -0.15) is 0 Å². The standard InChI is InChI=1S/C18H27N3O2/c1-2-3-5-8-17(22)20-14-9-10-15(18(19)23)16(13-14)21-11-6-4-7-12-21/h9-10,13H,2-8,11-12H2,1H3,(H2,19,23)(H,20,22). The van der Waals surface area contributed by atoms with Crippen LogP contribution < -0.4 is 16.0 Å². The van der Waals surface area contributed by atoms with E-state index in [0.29, 0.717) is 12.0 Å². The normalized spacial score (nSPS) is 14.6. The summed E-state index contributed by atoms with van der Waals surface area (Å²) in [5, 5.41) is 2.93. The number of anilines is 2. The number of hydrogen-bond acceptors (Lipinski definition) is 3. The van der Waals surface area contributed by atoms with Gasteiger partial charge < -0.3 is 16.0 Å². The predicted molar refractivity (Wildman–Crippen MR) is 93.8 cm³/mol. The molecule has 1 heterocycles. The maximum atomic E-state index is 12.0. The number of nitrogens with two attached hydrogens (primary N) is 1. The smallest absolute Gasteiger partial charge is 0.250 e. The summed E-state index contributed by atoms with van der Waals surface area (Å²) in [6.45, 7) is 3.97. The van der Waals surface area contributed by atoms with Crippen LogP contribution in [-0.4, -0.2) is 24.9 Å². The third-order valence-electron chi connectivity index (χ3n) is 4.25. The third-order valence-corrected chi connectivity index (χ3v) is 4.25. The Morgan fingerprint density at radius 3 is 2.57 bits per heavy atom. The Kier molecular flexibility index (Phi) is 6.44. The number of hydrogen-bond donors (Lipinski definition) is 2. The van der Waals surface area contributed by atoms with Gasteiger partial charge >= 0.3 is 0 Å². The Morgan fingerprint density at radius 2 is 1.91 bits per heavy atom. The number of primary amides is 1. The van der Waals surface area contributed by atoms with Crippen LogP contribution in [-0.2, 0) is 4.79 Å². The summed E-state index contributed by atoms with van der Waals surface area (Å²) in [4.78, 5) is 25.8. The largest absolute Gasteiger partial charge is 0.371 e. The van der Waals surface area contributed by atoms with Crippen LogP contribution in [0.5, 0.6) is 0 Å². The van der Waals surface area contributed by atoms with Gasteiger partial charge in [-0.25, -0.2) is 0 Å². The zero-order valence-corrected chi connectivity index (χ0v) is 13.9. The van der Waals surface area contributed by atoms with E-state index in [1.54, 1.807) is 12.1 Å². The molecule has 23 heavy (non-hydrogen) atoms. The zero-order chi connectivity index (χ0) is 16.7. The van der Waals surface area contributed by atoms with Crippen molar-refractivity contribution in [3.05, 3.63) is 23.8 Å². The van der Waals surface area contributed by atoms with Crippen LogP contribution in [0.25, 0.3) is 0 Å². The van der Waals surface area contributed by atoms with E-state index in [9.17, 15) is 9.59 Å². The fourth-order valence-electron chi connectivity index (χ4n) is 2.97. The molecule has 0 bridgehead atoms. The van der Waals surface area contributed by atoms with Crippen molar-refractivity contribution in [3.63, 3.8) is 0 Å². The Morgan fingerprint density at radius 1 is 1.17 bits per heavy atom. The average molecular weight is 317 g/mol. The maximum absolute atomic E-state index is 12.0. The van der Waals surface area contributed by atoms with Crippen molar-refractivity contribution < 1.29 is 9.59 Å². The molecular weight excluding hydrogens is 290 g/mol. The van der Waals surface area contributed by atoms with Crippen molar-refractivity contribution in [2.24, 2.45) is 5.73 Å². The fraction of sp³-hybridized carbons (Fsp3) is 0.556. The number of carbonyl (C=O) groups excluding carboxylic acids is 2. The van der Waals surface area contributed by atoms with Gasteiger partial charge in [0.1, 0.15) is 0 Å². The van der Waals surface area contributed by atoms with Crippen molar-refractivity contribution >= 4 is 23.2 Å². The number of piperidine rings is 1. The van der Waals surface area contributed by atoms with Gasteiger partial charge in [-0.1, -0.05) is 19.8 Å². The molecule has 0 aromatic heterocycles. The van der Waals surface area contributed by atoms with Crippen LogP contribution in [0, 0.1) is 0 Å². The van der Waals surface area contributed by atoms with E-state index in [-0.39, 0.29) is 5.91 Å². The summed E-state index contributed by atoms with van der Waals surface area (Å²) in [5.74, 6) is -0.402. The molecule has 1 aromatic carbocycles. The average Bonchev–Trinajstić information content (AvgIpc) is 2.55. The Balaban J connectivity index is 2.12. The molecule has 2 amide bonds. The second-order valence-electron chi connectivity index (χ2n) is 6.15. The summed E-state index contributed by atoms with van der Waals surface area (Å²) >= 11 is 0. The lowest BCUT2D eigenvalue weighted by Gasteiger charge is -2.30. The summed E-state index contributed by atoms with van der Waals surface area (Å²) < 4.78 is 0. The second-order valence-corrected chi connectivity index (χ2v) is 6.15. The van der Waals surface area contributed by atoms with Gasteiger partial charge in [0.05, 0.1) is 11.3 Å². The van der Waals surface area contributed by atoms with Crippen molar-refractivity contribution in [3.8, 4) is 0 Å². The monoisotopic (exact) mass is 317 g/mol. The first-order valence-electron chi connectivity index (χ1n) is 8.60. The number of rotatable bonds is 7. The first kappa shape index (κ1) is 17.3. The van der Waals surface area contributed by atoms with Crippen molar-refractivity contribution in [2.75, 3.05) is 23.3 Å². The van der Waals surface area contributed by atoms with Gasteiger partial charge in [-0.05, 0) is 43.9 Å². The molecule has 0 atom stereocenters. The number of amides is 2. The van der Waals surface area contributed by atoms with Crippen molar-refractivity contribution in [1.82, 2.24) is 0 Å². The summed E-state index contributed by atoms with van der Waals surface area (Å²) in [6, 6.07) is 5.35. The van der Waals surface area contributed by atoms with Crippen LogP contribution in [0.3, 0.4) is 0 Å². The van der Waals surface area contributed by atoms with Crippen LogP contribution in [0.1, 0.15) is 62.2 Å². The molecule has 0 saturated carbocycles. The quantitative estimate of drug-likeness (QED) is 0.758. The van der Waals surface area contributed by atoms with E-state index in [1.807, 2.05) is 6.07 Å². The van der Waals surface area contributed by atoms with Gasteiger partial charge in [0.2, 0.25) is 5.91 Å². The molecule has 1 aliphatic rings. The molecule has 1 saturated heterocycles. The molecule has 1 aromatic rings. The van der Waals surface area contributed by atoms with Crippen molar-refractivity contribution in [2.45, 2.75) is 51.9 Å². The van der Waals surface area contributed by atoms with Gasteiger partial charge in [0.15, 0.2) is 0 Å². The molecule has 0 unspecified atom stereocenters. The first-order valence-corrected chi connectivity index (χ1v) is 8.60. The van der Waals surface area contributed by atoms with E-state index in [0.717, 1.165) is 56.6 Å². The maximum Gasteiger partial charge on any atom is 0.250 e. The number of carbonyl (C=O) groups is 2. The topological polar surface area (TPSA) is 75.4 Å².